The Kier molecular flexibility index (Phi) is 6.95. The number of nitrogens with zero attached hydrogens (tertiary/aromatic N) is 1. The third-order valence-electron chi connectivity index (χ3n) is 3.32. The van der Waals surface area contributed by atoms with Crippen molar-refractivity contribution in [1.29, 1.82) is 0 Å². The number of thioether (sulfide) groups is 1. The standard InChI is InChI=1S/C16H20ClN3O2S/c1-23-9-7-13(18)16-20-14(10-22-16)15(21)19-8-6-11-2-4-12(17)5-3-11/h2-5,10,13H,6-9,18H2,1H3,(H,19,21). The highest BCUT2D eigenvalue weighted by molar-refractivity contribution is 7.98. The number of halogens is 1. The number of nitrogens with two attached hydrogens (primary N) is 1. The van der Waals surface area contributed by atoms with Gasteiger partial charge in [-0.25, -0.2) is 4.98 Å². The summed E-state index contributed by atoms with van der Waals surface area (Å²) in [5.74, 6) is 1.07. The summed E-state index contributed by atoms with van der Waals surface area (Å²) in [6.45, 7) is 0.515. The van der Waals surface area contributed by atoms with Gasteiger partial charge in [-0.15, -0.1) is 0 Å². The summed E-state index contributed by atoms with van der Waals surface area (Å²) < 4.78 is 5.30. The number of aromatic nitrogens is 1. The number of carbonyl (C=O) groups is 1. The number of nitrogens with one attached hydrogen (secondary N) is 1. The van der Waals surface area contributed by atoms with E-state index in [1.165, 1.54) is 6.26 Å². The molecule has 1 unspecified atom stereocenters. The van der Waals surface area contributed by atoms with Gasteiger partial charge < -0.3 is 15.5 Å². The molecule has 3 N–H and O–H groups in total. The van der Waals surface area contributed by atoms with Crippen LogP contribution in [0.5, 0.6) is 0 Å². The highest BCUT2D eigenvalue weighted by Crippen LogP contribution is 2.15. The lowest BCUT2D eigenvalue weighted by atomic mass is 10.1. The quantitative estimate of drug-likeness (QED) is 0.762. The fourth-order valence-electron chi connectivity index (χ4n) is 1.99. The van der Waals surface area contributed by atoms with Crippen LogP contribution in [-0.2, 0) is 6.42 Å². The second-order valence-electron chi connectivity index (χ2n) is 5.09. The lowest BCUT2D eigenvalue weighted by molar-refractivity contribution is 0.0949. The van der Waals surface area contributed by atoms with Gasteiger partial charge in [-0.05, 0) is 42.5 Å². The Balaban J connectivity index is 1.81. The number of oxazole rings is 1. The maximum atomic E-state index is 12.0. The summed E-state index contributed by atoms with van der Waals surface area (Å²) in [7, 11) is 0. The molecular formula is C16H20ClN3O2S. The van der Waals surface area contributed by atoms with Crippen LogP contribution in [0.3, 0.4) is 0 Å². The highest BCUT2D eigenvalue weighted by atomic mass is 35.5. The molecule has 1 aromatic carbocycles. The minimum Gasteiger partial charge on any atom is -0.446 e. The van der Waals surface area contributed by atoms with E-state index < -0.39 is 0 Å². The molecule has 0 saturated heterocycles. The number of hydrogen-bond donors (Lipinski definition) is 2. The van der Waals surface area contributed by atoms with Crippen LogP contribution in [0.1, 0.15) is 34.4 Å². The van der Waals surface area contributed by atoms with Crippen LogP contribution in [-0.4, -0.2) is 29.4 Å². The molecule has 1 heterocycles. The van der Waals surface area contributed by atoms with E-state index in [0.717, 1.165) is 24.2 Å². The Hall–Kier alpha value is -1.50. The second-order valence-corrected chi connectivity index (χ2v) is 6.51. The number of carbonyl (C=O) groups excluding carboxylic acids is 1. The molecule has 0 aliphatic carbocycles. The van der Waals surface area contributed by atoms with Gasteiger partial charge in [-0.3, -0.25) is 4.79 Å². The van der Waals surface area contributed by atoms with Crippen molar-refractivity contribution in [3.63, 3.8) is 0 Å². The summed E-state index contributed by atoms with van der Waals surface area (Å²) in [6, 6.07) is 7.26. The summed E-state index contributed by atoms with van der Waals surface area (Å²) in [6.07, 6.45) is 4.86. The smallest absolute Gasteiger partial charge is 0.273 e. The minimum absolute atomic E-state index is 0.258. The Morgan fingerprint density at radius 3 is 2.87 bits per heavy atom. The van der Waals surface area contributed by atoms with Crippen LogP contribution in [0.2, 0.25) is 5.02 Å². The van der Waals surface area contributed by atoms with Crippen molar-refractivity contribution in [3.05, 3.63) is 52.7 Å². The van der Waals surface area contributed by atoms with Gasteiger partial charge in [0, 0.05) is 11.6 Å². The molecule has 0 radical (unpaired) electrons. The van der Waals surface area contributed by atoms with Crippen LogP contribution < -0.4 is 11.1 Å². The zero-order valence-corrected chi connectivity index (χ0v) is 14.5. The first-order valence-electron chi connectivity index (χ1n) is 7.32. The first kappa shape index (κ1) is 17.8. The molecule has 0 bridgehead atoms. The van der Waals surface area contributed by atoms with Crippen molar-refractivity contribution >= 4 is 29.3 Å². The van der Waals surface area contributed by atoms with Gasteiger partial charge in [-0.1, -0.05) is 23.7 Å². The van der Waals surface area contributed by atoms with Crippen LogP contribution in [0.4, 0.5) is 0 Å². The van der Waals surface area contributed by atoms with Crippen LogP contribution in [0.25, 0.3) is 0 Å². The maximum Gasteiger partial charge on any atom is 0.273 e. The van der Waals surface area contributed by atoms with E-state index in [1.54, 1.807) is 11.8 Å². The summed E-state index contributed by atoms with van der Waals surface area (Å²) >= 11 is 7.55. The Morgan fingerprint density at radius 1 is 1.43 bits per heavy atom. The lowest BCUT2D eigenvalue weighted by Crippen LogP contribution is -2.26. The number of hydrogen-bond acceptors (Lipinski definition) is 5. The monoisotopic (exact) mass is 353 g/mol. The highest BCUT2D eigenvalue weighted by Gasteiger charge is 2.16. The van der Waals surface area contributed by atoms with Crippen molar-refractivity contribution in [3.8, 4) is 0 Å². The third kappa shape index (κ3) is 5.57. The summed E-state index contributed by atoms with van der Waals surface area (Å²) in [5, 5.41) is 3.52. The first-order chi connectivity index (χ1) is 11.1. The molecule has 23 heavy (non-hydrogen) atoms. The van der Waals surface area contributed by atoms with E-state index in [9.17, 15) is 4.79 Å². The molecular weight excluding hydrogens is 334 g/mol. The van der Waals surface area contributed by atoms with Crippen LogP contribution in [0, 0.1) is 0 Å². The van der Waals surface area contributed by atoms with Gasteiger partial charge in [0.1, 0.15) is 6.26 Å². The largest absolute Gasteiger partial charge is 0.446 e. The van der Waals surface area contributed by atoms with Crippen molar-refractivity contribution in [2.45, 2.75) is 18.9 Å². The molecule has 124 valence electrons. The Labute approximate surface area is 145 Å². The van der Waals surface area contributed by atoms with Crippen molar-refractivity contribution < 1.29 is 9.21 Å². The molecule has 5 nitrogen and oxygen atoms in total. The van der Waals surface area contributed by atoms with Gasteiger partial charge in [0.2, 0.25) is 5.89 Å². The first-order valence-corrected chi connectivity index (χ1v) is 9.10. The predicted molar refractivity (Wildman–Crippen MR) is 93.9 cm³/mol. The van der Waals surface area contributed by atoms with Crippen molar-refractivity contribution in [2.75, 3.05) is 18.6 Å². The van der Waals surface area contributed by atoms with Crippen LogP contribution in [0.15, 0.2) is 34.9 Å². The molecule has 7 heteroatoms. The van der Waals surface area contributed by atoms with E-state index in [1.807, 2.05) is 30.5 Å². The van der Waals surface area contributed by atoms with Gasteiger partial charge in [0.05, 0.1) is 6.04 Å². The zero-order valence-electron chi connectivity index (χ0n) is 12.9. The summed E-state index contributed by atoms with van der Waals surface area (Å²) in [5.41, 5.74) is 7.34. The molecule has 2 aromatic rings. The molecule has 1 atom stereocenters. The molecule has 0 fully saturated rings. The van der Waals surface area contributed by atoms with E-state index in [2.05, 4.69) is 10.3 Å². The van der Waals surface area contributed by atoms with Crippen LogP contribution >= 0.6 is 23.4 Å². The number of rotatable bonds is 8. The predicted octanol–water partition coefficient (Wildman–Crippen LogP) is 3.05. The minimum atomic E-state index is -0.280. The molecule has 0 spiro atoms. The third-order valence-corrected chi connectivity index (χ3v) is 4.21. The van der Waals surface area contributed by atoms with Gasteiger partial charge >= 0.3 is 0 Å². The van der Waals surface area contributed by atoms with Gasteiger partial charge in [-0.2, -0.15) is 11.8 Å². The van der Waals surface area contributed by atoms with E-state index in [0.29, 0.717) is 17.5 Å². The Morgan fingerprint density at radius 2 is 2.17 bits per heavy atom. The normalized spacial score (nSPS) is 12.1. The zero-order chi connectivity index (χ0) is 16.7. The molecule has 1 aromatic heterocycles. The topological polar surface area (TPSA) is 81.1 Å². The molecule has 1 amide bonds. The molecule has 0 aliphatic heterocycles. The lowest BCUT2D eigenvalue weighted by Gasteiger charge is -2.05. The van der Waals surface area contributed by atoms with Crippen molar-refractivity contribution in [2.24, 2.45) is 5.73 Å². The average Bonchev–Trinajstić information content (AvgIpc) is 3.04. The van der Waals surface area contributed by atoms with Crippen molar-refractivity contribution in [1.82, 2.24) is 10.3 Å². The second kappa shape index (κ2) is 8.96. The van der Waals surface area contributed by atoms with Gasteiger partial charge in [0.25, 0.3) is 5.91 Å². The average molecular weight is 354 g/mol. The Bertz CT molecular complexity index is 631. The molecule has 0 saturated carbocycles. The van der Waals surface area contributed by atoms with E-state index in [-0.39, 0.29) is 17.6 Å². The number of amides is 1. The van der Waals surface area contributed by atoms with E-state index in [4.69, 9.17) is 21.8 Å². The SMILES string of the molecule is CSCCC(N)c1nc(C(=O)NCCc2ccc(Cl)cc2)co1. The fourth-order valence-corrected chi connectivity index (χ4v) is 2.61. The fraction of sp³-hybridized carbons (Fsp3) is 0.375. The van der Waals surface area contributed by atoms with E-state index >= 15 is 0 Å². The maximum absolute atomic E-state index is 12.0. The number of benzene rings is 1. The molecule has 2 rings (SSSR count). The summed E-state index contributed by atoms with van der Waals surface area (Å²) in [4.78, 5) is 16.2. The molecule has 0 aliphatic rings. The van der Waals surface area contributed by atoms with Gasteiger partial charge in [0.15, 0.2) is 5.69 Å².